The standard InChI is InChI=1S/C15H10FN7OS/c16-9-3-5-10(6-4-9)18-12-13(20-15-14(19-12)22-24-23-15)21-17-8-11-2-1-7-25-11/h1-8H,(H,18,19,22)(H,20,21,23)/b17-8-. The lowest BCUT2D eigenvalue weighted by molar-refractivity contribution is 0.314. The van der Waals surface area contributed by atoms with Crippen LogP contribution in [0, 0.1) is 5.82 Å². The first-order valence-corrected chi connectivity index (χ1v) is 8.01. The van der Waals surface area contributed by atoms with Crippen LogP contribution in [-0.4, -0.2) is 26.5 Å². The van der Waals surface area contributed by atoms with Crippen molar-refractivity contribution in [1.29, 1.82) is 0 Å². The Labute approximate surface area is 144 Å². The van der Waals surface area contributed by atoms with E-state index in [1.807, 2.05) is 17.5 Å². The Morgan fingerprint density at radius 2 is 1.80 bits per heavy atom. The van der Waals surface area contributed by atoms with Crippen LogP contribution in [-0.2, 0) is 0 Å². The molecular formula is C15H10FN7OS. The van der Waals surface area contributed by atoms with E-state index in [-0.39, 0.29) is 17.1 Å². The van der Waals surface area contributed by atoms with Crippen molar-refractivity contribution in [2.45, 2.75) is 0 Å². The topological polar surface area (TPSA) is 101 Å². The number of hydrogen-bond donors (Lipinski definition) is 2. The summed E-state index contributed by atoms with van der Waals surface area (Å²) < 4.78 is 17.7. The first kappa shape index (κ1) is 15.1. The Bertz CT molecular complexity index is 1010. The number of benzene rings is 1. The second kappa shape index (κ2) is 6.61. The van der Waals surface area contributed by atoms with E-state index in [0.29, 0.717) is 17.3 Å². The van der Waals surface area contributed by atoms with Gasteiger partial charge < -0.3 is 5.32 Å². The first-order chi connectivity index (χ1) is 12.3. The van der Waals surface area contributed by atoms with Crippen LogP contribution in [0.5, 0.6) is 0 Å². The molecule has 25 heavy (non-hydrogen) atoms. The third-order valence-electron chi connectivity index (χ3n) is 3.13. The van der Waals surface area contributed by atoms with Gasteiger partial charge in [0.05, 0.1) is 6.21 Å². The quantitative estimate of drug-likeness (QED) is 0.418. The van der Waals surface area contributed by atoms with Crippen molar-refractivity contribution < 1.29 is 9.02 Å². The lowest BCUT2D eigenvalue weighted by Crippen LogP contribution is -2.03. The fraction of sp³-hybridized carbons (Fsp3) is 0. The summed E-state index contributed by atoms with van der Waals surface area (Å²) in [6, 6.07) is 9.72. The summed E-state index contributed by atoms with van der Waals surface area (Å²) in [6.07, 6.45) is 1.67. The Morgan fingerprint density at radius 3 is 2.52 bits per heavy atom. The van der Waals surface area contributed by atoms with Gasteiger partial charge in [0, 0.05) is 10.6 Å². The SMILES string of the molecule is Fc1ccc(Nc2nc3nonc3nc2N/N=C\c2cccs2)cc1. The van der Waals surface area contributed by atoms with Crippen LogP contribution in [0.3, 0.4) is 0 Å². The fourth-order valence-electron chi connectivity index (χ4n) is 1.99. The summed E-state index contributed by atoms with van der Waals surface area (Å²) in [5, 5.41) is 16.5. The van der Waals surface area contributed by atoms with Crippen LogP contribution in [0.1, 0.15) is 4.88 Å². The summed E-state index contributed by atoms with van der Waals surface area (Å²) in [5.41, 5.74) is 3.95. The van der Waals surface area contributed by atoms with Gasteiger partial charge in [-0.2, -0.15) is 10.1 Å². The number of hydrogen-bond acceptors (Lipinski definition) is 9. The molecule has 0 bridgehead atoms. The highest BCUT2D eigenvalue weighted by Crippen LogP contribution is 2.24. The number of rotatable bonds is 5. The molecule has 2 N–H and O–H groups in total. The van der Waals surface area contributed by atoms with E-state index in [4.69, 9.17) is 0 Å². The minimum atomic E-state index is -0.327. The van der Waals surface area contributed by atoms with Crippen molar-refractivity contribution in [3.8, 4) is 0 Å². The van der Waals surface area contributed by atoms with Gasteiger partial charge in [0.15, 0.2) is 11.6 Å². The van der Waals surface area contributed by atoms with E-state index in [1.54, 1.807) is 29.7 Å². The third kappa shape index (κ3) is 3.43. The molecule has 3 heterocycles. The van der Waals surface area contributed by atoms with Gasteiger partial charge in [-0.1, -0.05) is 6.07 Å². The maximum atomic E-state index is 13.1. The van der Waals surface area contributed by atoms with Gasteiger partial charge in [0.2, 0.25) is 11.3 Å². The van der Waals surface area contributed by atoms with E-state index < -0.39 is 0 Å². The number of nitrogens with one attached hydrogen (secondary N) is 2. The maximum absolute atomic E-state index is 13.1. The lowest BCUT2D eigenvalue weighted by atomic mass is 10.3. The van der Waals surface area contributed by atoms with Gasteiger partial charge in [-0.25, -0.2) is 14.0 Å². The van der Waals surface area contributed by atoms with Gasteiger partial charge in [0.25, 0.3) is 0 Å². The van der Waals surface area contributed by atoms with Crippen molar-refractivity contribution in [2.24, 2.45) is 5.10 Å². The summed E-state index contributed by atoms with van der Waals surface area (Å²) in [4.78, 5) is 9.56. The minimum Gasteiger partial charge on any atom is -0.337 e. The molecule has 0 aliphatic rings. The van der Waals surface area contributed by atoms with E-state index >= 15 is 0 Å². The monoisotopic (exact) mass is 355 g/mol. The zero-order valence-corrected chi connectivity index (χ0v) is 13.4. The summed E-state index contributed by atoms with van der Waals surface area (Å²) in [7, 11) is 0. The van der Waals surface area contributed by atoms with E-state index in [9.17, 15) is 4.39 Å². The van der Waals surface area contributed by atoms with Crippen LogP contribution in [0.15, 0.2) is 51.5 Å². The first-order valence-electron chi connectivity index (χ1n) is 7.13. The largest absolute Gasteiger partial charge is 0.337 e. The second-order valence-electron chi connectivity index (χ2n) is 4.85. The highest BCUT2D eigenvalue weighted by molar-refractivity contribution is 7.11. The average molecular weight is 355 g/mol. The summed E-state index contributed by atoms with van der Waals surface area (Å²) in [5.74, 6) is 0.366. The molecule has 0 unspecified atom stereocenters. The van der Waals surface area contributed by atoms with E-state index in [0.717, 1.165) is 4.88 Å². The molecule has 3 aromatic heterocycles. The molecule has 124 valence electrons. The molecular weight excluding hydrogens is 345 g/mol. The predicted molar refractivity (Wildman–Crippen MR) is 92.6 cm³/mol. The number of aromatic nitrogens is 4. The smallest absolute Gasteiger partial charge is 0.245 e. The number of thiophene rings is 1. The summed E-state index contributed by atoms with van der Waals surface area (Å²) >= 11 is 1.56. The fourth-order valence-corrected chi connectivity index (χ4v) is 2.58. The van der Waals surface area contributed by atoms with Gasteiger partial charge in [-0.3, -0.25) is 5.43 Å². The summed E-state index contributed by atoms with van der Waals surface area (Å²) in [6.45, 7) is 0. The van der Waals surface area contributed by atoms with Crippen LogP contribution >= 0.6 is 11.3 Å². The Morgan fingerprint density at radius 1 is 1.04 bits per heavy atom. The van der Waals surface area contributed by atoms with Crippen molar-refractivity contribution in [1.82, 2.24) is 20.3 Å². The lowest BCUT2D eigenvalue weighted by Gasteiger charge is -2.09. The average Bonchev–Trinajstić information content (AvgIpc) is 3.28. The molecule has 0 amide bonds. The molecule has 8 nitrogen and oxygen atoms in total. The van der Waals surface area contributed by atoms with Gasteiger partial charge in [-0.05, 0) is 46.0 Å². The number of hydrazone groups is 1. The highest BCUT2D eigenvalue weighted by Gasteiger charge is 2.12. The number of fused-ring (bicyclic) bond motifs is 1. The van der Waals surface area contributed by atoms with Crippen molar-refractivity contribution in [2.75, 3.05) is 10.7 Å². The van der Waals surface area contributed by atoms with E-state index in [1.165, 1.54) is 12.1 Å². The molecule has 0 aliphatic carbocycles. The highest BCUT2D eigenvalue weighted by atomic mass is 32.1. The number of anilines is 3. The van der Waals surface area contributed by atoms with Gasteiger partial charge in [-0.15, -0.1) is 11.3 Å². The molecule has 10 heteroatoms. The molecule has 0 atom stereocenters. The maximum Gasteiger partial charge on any atom is 0.245 e. The van der Waals surface area contributed by atoms with Crippen LogP contribution in [0.25, 0.3) is 11.3 Å². The third-order valence-corrected chi connectivity index (χ3v) is 3.93. The number of nitrogens with zero attached hydrogens (tertiary/aromatic N) is 5. The second-order valence-corrected chi connectivity index (χ2v) is 5.83. The van der Waals surface area contributed by atoms with Crippen molar-refractivity contribution in [3.05, 3.63) is 52.5 Å². The van der Waals surface area contributed by atoms with Crippen LogP contribution < -0.4 is 10.7 Å². The van der Waals surface area contributed by atoms with Gasteiger partial charge >= 0.3 is 0 Å². The van der Waals surface area contributed by atoms with Crippen LogP contribution in [0.4, 0.5) is 21.7 Å². The van der Waals surface area contributed by atoms with Crippen LogP contribution in [0.2, 0.25) is 0 Å². The molecule has 0 saturated carbocycles. The molecule has 1 aromatic carbocycles. The van der Waals surface area contributed by atoms with Crippen molar-refractivity contribution in [3.63, 3.8) is 0 Å². The van der Waals surface area contributed by atoms with Gasteiger partial charge in [0.1, 0.15) is 5.82 Å². The molecule has 0 saturated heterocycles. The Kier molecular flexibility index (Phi) is 4.01. The zero-order valence-electron chi connectivity index (χ0n) is 12.5. The zero-order chi connectivity index (χ0) is 17.1. The molecule has 0 aliphatic heterocycles. The number of halogens is 1. The predicted octanol–water partition coefficient (Wildman–Crippen LogP) is 3.40. The molecule has 0 radical (unpaired) electrons. The van der Waals surface area contributed by atoms with Crippen molar-refractivity contribution >= 4 is 46.2 Å². The Balaban J connectivity index is 1.64. The molecule has 0 spiro atoms. The normalized spacial score (nSPS) is 11.2. The molecule has 4 aromatic rings. The molecule has 0 fully saturated rings. The molecule has 4 rings (SSSR count). The van der Waals surface area contributed by atoms with E-state index in [2.05, 4.69) is 40.8 Å². The Hall–Kier alpha value is -3.40. The minimum absolute atomic E-state index is 0.248.